The number of aliphatic hydroxyl groups is 1. The van der Waals surface area contributed by atoms with Gasteiger partial charge in [-0.15, -0.1) is 0 Å². The zero-order chi connectivity index (χ0) is 13.8. The Morgan fingerprint density at radius 1 is 1.37 bits per heavy atom. The molecule has 2 aromatic rings. The zero-order valence-electron chi connectivity index (χ0n) is 11.1. The summed E-state index contributed by atoms with van der Waals surface area (Å²) in [6.07, 6.45) is 1.68. The minimum Gasteiger partial charge on any atom is -0.453 e. The summed E-state index contributed by atoms with van der Waals surface area (Å²) >= 11 is 0. The third-order valence-corrected chi connectivity index (χ3v) is 3.60. The van der Waals surface area contributed by atoms with Gasteiger partial charge in [-0.2, -0.15) is 0 Å². The minimum absolute atomic E-state index is 0.319. The predicted molar refractivity (Wildman–Crippen MR) is 71.2 cm³/mol. The van der Waals surface area contributed by atoms with E-state index >= 15 is 0 Å². The van der Waals surface area contributed by atoms with Crippen LogP contribution < -0.4 is 4.74 Å². The van der Waals surface area contributed by atoms with Gasteiger partial charge in [-0.3, -0.25) is 9.78 Å². The molecule has 2 heterocycles. The van der Waals surface area contributed by atoms with Crippen molar-refractivity contribution in [1.82, 2.24) is 4.98 Å². The number of fused-ring (bicyclic) bond motifs is 3. The van der Waals surface area contributed by atoms with Crippen molar-refractivity contribution in [3.8, 4) is 5.75 Å². The summed E-state index contributed by atoms with van der Waals surface area (Å²) in [5.41, 5.74) is 1.32. The molecule has 0 aliphatic carbocycles. The molecule has 0 unspecified atom stereocenters. The van der Waals surface area contributed by atoms with Crippen LogP contribution in [0.2, 0.25) is 0 Å². The van der Waals surface area contributed by atoms with E-state index in [1.165, 1.54) is 0 Å². The Labute approximate surface area is 111 Å². The van der Waals surface area contributed by atoms with Gasteiger partial charge in [-0.1, -0.05) is 19.9 Å². The van der Waals surface area contributed by atoms with E-state index in [1.807, 2.05) is 19.1 Å². The average molecular weight is 257 g/mol. The number of ether oxygens (including phenoxy) is 1. The second-order valence-electron chi connectivity index (χ2n) is 5.27. The number of carbonyl (C=O) groups is 1. The predicted octanol–water partition coefficient (Wildman–Crippen LogP) is 2.46. The molecule has 1 aromatic heterocycles. The molecule has 1 atom stereocenters. The summed E-state index contributed by atoms with van der Waals surface area (Å²) < 4.78 is 5.59. The maximum absolute atomic E-state index is 12.3. The van der Waals surface area contributed by atoms with Gasteiger partial charge in [0.05, 0.1) is 5.56 Å². The van der Waals surface area contributed by atoms with Crippen molar-refractivity contribution in [2.45, 2.75) is 26.6 Å². The van der Waals surface area contributed by atoms with Crippen molar-refractivity contribution in [3.63, 3.8) is 0 Å². The van der Waals surface area contributed by atoms with Crippen LogP contribution in [-0.4, -0.2) is 21.7 Å². The molecule has 19 heavy (non-hydrogen) atoms. The molecule has 0 saturated heterocycles. The zero-order valence-corrected chi connectivity index (χ0v) is 11.1. The van der Waals surface area contributed by atoms with Crippen LogP contribution in [0, 0.1) is 12.8 Å². The number of hydrogen-bond donors (Lipinski definition) is 1. The molecule has 0 spiro atoms. The van der Waals surface area contributed by atoms with Gasteiger partial charge in [-0.05, 0) is 24.4 Å². The van der Waals surface area contributed by atoms with Gasteiger partial charge in [0.15, 0.2) is 0 Å². The van der Waals surface area contributed by atoms with Gasteiger partial charge in [0.1, 0.15) is 5.75 Å². The van der Waals surface area contributed by atoms with Crippen LogP contribution in [0.4, 0.5) is 0 Å². The largest absolute Gasteiger partial charge is 0.453 e. The molecule has 4 nitrogen and oxygen atoms in total. The highest BCUT2D eigenvalue weighted by Crippen LogP contribution is 2.42. The summed E-state index contributed by atoms with van der Waals surface area (Å²) in [5, 5.41) is 12.1. The number of benzene rings is 1. The maximum Gasteiger partial charge on any atom is 0.275 e. The first-order valence-corrected chi connectivity index (χ1v) is 6.29. The van der Waals surface area contributed by atoms with Crippen LogP contribution in [0.3, 0.4) is 0 Å². The van der Waals surface area contributed by atoms with Crippen LogP contribution in [0.15, 0.2) is 24.4 Å². The van der Waals surface area contributed by atoms with E-state index in [0.717, 1.165) is 16.5 Å². The van der Waals surface area contributed by atoms with Crippen molar-refractivity contribution >= 4 is 16.6 Å². The molecule has 0 bridgehead atoms. The van der Waals surface area contributed by atoms with E-state index in [4.69, 9.17) is 4.74 Å². The molecular weight excluding hydrogens is 242 g/mol. The van der Waals surface area contributed by atoms with E-state index in [1.54, 1.807) is 26.1 Å². The smallest absolute Gasteiger partial charge is 0.275 e. The molecule has 1 aliphatic heterocycles. The number of aryl methyl sites for hydroxylation is 1. The highest BCUT2D eigenvalue weighted by Gasteiger charge is 2.49. The summed E-state index contributed by atoms with van der Waals surface area (Å²) in [6.45, 7) is 5.42. The number of Topliss-reactive ketones (excluding diaryl/α,β-unsaturated/α-hetero) is 1. The third kappa shape index (κ3) is 1.56. The lowest BCUT2D eigenvalue weighted by molar-refractivity contribution is -0.120. The van der Waals surface area contributed by atoms with Crippen molar-refractivity contribution in [2.24, 2.45) is 5.92 Å². The summed E-state index contributed by atoms with van der Waals surface area (Å²) in [5.74, 6) is -2.02. The highest BCUT2D eigenvalue weighted by atomic mass is 16.6. The number of rotatable bonds is 1. The van der Waals surface area contributed by atoms with E-state index in [2.05, 4.69) is 4.98 Å². The fourth-order valence-corrected chi connectivity index (χ4v) is 2.37. The lowest BCUT2D eigenvalue weighted by atomic mass is 9.95. The monoisotopic (exact) mass is 257 g/mol. The van der Waals surface area contributed by atoms with Crippen LogP contribution in [0.1, 0.15) is 29.9 Å². The standard InChI is InChI=1S/C15H15NO3/c1-8(2)15(18)14(17)11-5-4-10-6-9(3)16-7-12(10)13(11)19-15/h4-8,18H,1-3H3/t15-/m0/s1. The number of nitrogens with zero attached hydrogens (tertiary/aromatic N) is 1. The second kappa shape index (κ2) is 3.78. The molecule has 4 heteroatoms. The van der Waals surface area contributed by atoms with Gasteiger partial charge in [0.25, 0.3) is 5.79 Å². The molecule has 0 fully saturated rings. The van der Waals surface area contributed by atoms with Gasteiger partial charge in [0, 0.05) is 23.2 Å². The van der Waals surface area contributed by atoms with E-state index in [0.29, 0.717) is 11.3 Å². The normalized spacial score (nSPS) is 21.8. The van der Waals surface area contributed by atoms with E-state index < -0.39 is 5.79 Å². The van der Waals surface area contributed by atoms with Crippen molar-refractivity contribution in [2.75, 3.05) is 0 Å². The average Bonchev–Trinajstić information content (AvgIpc) is 2.63. The SMILES string of the molecule is Cc1cc2ccc3c(c2cn1)O[C@@](O)(C(C)C)C3=O. The molecule has 3 rings (SSSR count). The Morgan fingerprint density at radius 2 is 2.11 bits per heavy atom. The van der Waals surface area contributed by atoms with Crippen LogP contribution in [0.25, 0.3) is 10.8 Å². The Hall–Kier alpha value is -1.94. The first kappa shape index (κ1) is 12.1. The molecule has 1 aromatic carbocycles. The number of ketones is 1. The fourth-order valence-electron chi connectivity index (χ4n) is 2.37. The number of carbonyl (C=O) groups excluding carboxylic acids is 1. The number of pyridine rings is 1. The first-order chi connectivity index (χ1) is 8.93. The molecule has 98 valence electrons. The van der Waals surface area contributed by atoms with Crippen LogP contribution in [0.5, 0.6) is 5.75 Å². The van der Waals surface area contributed by atoms with E-state index in [9.17, 15) is 9.90 Å². The highest BCUT2D eigenvalue weighted by molar-refractivity contribution is 6.11. The Kier molecular flexibility index (Phi) is 2.41. The number of aromatic nitrogens is 1. The van der Waals surface area contributed by atoms with Gasteiger partial charge < -0.3 is 9.84 Å². The first-order valence-electron chi connectivity index (χ1n) is 6.29. The summed E-state index contributed by atoms with van der Waals surface area (Å²) in [6, 6.07) is 5.49. The third-order valence-electron chi connectivity index (χ3n) is 3.60. The Bertz CT molecular complexity index is 693. The van der Waals surface area contributed by atoms with Gasteiger partial charge >= 0.3 is 0 Å². The Balaban J connectivity index is 2.26. The van der Waals surface area contributed by atoms with Crippen molar-refractivity contribution in [3.05, 3.63) is 35.7 Å². The molecule has 0 saturated carbocycles. The summed E-state index contributed by atoms with van der Waals surface area (Å²) in [7, 11) is 0. The second-order valence-corrected chi connectivity index (χ2v) is 5.27. The maximum atomic E-state index is 12.3. The lowest BCUT2D eigenvalue weighted by Gasteiger charge is -2.24. The molecule has 1 N–H and O–H groups in total. The van der Waals surface area contributed by atoms with Crippen LogP contribution >= 0.6 is 0 Å². The quantitative estimate of drug-likeness (QED) is 0.852. The molecule has 1 aliphatic rings. The topological polar surface area (TPSA) is 59.4 Å². The minimum atomic E-state index is -1.76. The van der Waals surface area contributed by atoms with Crippen molar-refractivity contribution in [1.29, 1.82) is 0 Å². The lowest BCUT2D eigenvalue weighted by Crippen LogP contribution is -2.45. The molecular formula is C15H15NO3. The fraction of sp³-hybridized carbons (Fsp3) is 0.333. The Morgan fingerprint density at radius 3 is 2.79 bits per heavy atom. The number of hydrogen-bond acceptors (Lipinski definition) is 4. The van der Waals surface area contributed by atoms with Gasteiger partial charge in [0.2, 0.25) is 5.78 Å². The van der Waals surface area contributed by atoms with Crippen LogP contribution in [-0.2, 0) is 0 Å². The van der Waals surface area contributed by atoms with E-state index in [-0.39, 0.29) is 11.7 Å². The summed E-state index contributed by atoms with van der Waals surface area (Å²) in [4.78, 5) is 16.5. The van der Waals surface area contributed by atoms with Crippen molar-refractivity contribution < 1.29 is 14.6 Å². The molecule has 0 amide bonds. The van der Waals surface area contributed by atoms with Gasteiger partial charge in [-0.25, -0.2) is 0 Å². The molecule has 0 radical (unpaired) electrons.